The Hall–Kier alpha value is -2.63. The highest BCUT2D eigenvalue weighted by Gasteiger charge is 2.23. The molecule has 1 aromatic heterocycles. The molecular weight excluding hydrogens is 350 g/mol. The van der Waals surface area contributed by atoms with E-state index in [0.29, 0.717) is 18.2 Å². The van der Waals surface area contributed by atoms with E-state index >= 15 is 0 Å². The van der Waals surface area contributed by atoms with Crippen LogP contribution in [0.3, 0.4) is 0 Å². The first-order chi connectivity index (χ1) is 13.7. The van der Waals surface area contributed by atoms with Crippen molar-refractivity contribution in [2.24, 2.45) is 0 Å². The van der Waals surface area contributed by atoms with Gasteiger partial charge in [-0.25, -0.2) is 0 Å². The van der Waals surface area contributed by atoms with E-state index in [9.17, 15) is 4.79 Å². The van der Waals surface area contributed by atoms with Crippen molar-refractivity contribution in [2.75, 3.05) is 39.3 Å². The summed E-state index contributed by atoms with van der Waals surface area (Å²) in [6.45, 7) is 8.13. The summed E-state index contributed by atoms with van der Waals surface area (Å²) in [6.07, 6.45) is 3.01. The van der Waals surface area contributed by atoms with Crippen molar-refractivity contribution in [3.8, 4) is 5.75 Å². The van der Waals surface area contributed by atoms with E-state index in [-0.39, 0.29) is 0 Å². The molecule has 0 bridgehead atoms. The highest BCUT2D eigenvalue weighted by atomic mass is 16.5. The van der Waals surface area contributed by atoms with Crippen LogP contribution in [0, 0.1) is 0 Å². The lowest BCUT2D eigenvalue weighted by Gasteiger charge is -2.38. The van der Waals surface area contributed by atoms with Gasteiger partial charge in [-0.1, -0.05) is 18.2 Å². The fourth-order valence-corrected chi connectivity index (χ4v) is 3.95. The predicted octanol–water partition coefficient (Wildman–Crippen LogP) is 3.74. The van der Waals surface area contributed by atoms with Crippen molar-refractivity contribution in [2.45, 2.75) is 13.0 Å². The van der Waals surface area contributed by atoms with Gasteiger partial charge >= 0.3 is 0 Å². The minimum Gasteiger partial charge on any atom is -0.492 e. The van der Waals surface area contributed by atoms with Crippen LogP contribution < -0.4 is 4.74 Å². The van der Waals surface area contributed by atoms with Gasteiger partial charge in [0.1, 0.15) is 18.6 Å². The molecule has 0 amide bonds. The van der Waals surface area contributed by atoms with Crippen LogP contribution in [-0.2, 0) is 0 Å². The monoisotopic (exact) mass is 377 g/mol. The second kappa shape index (κ2) is 8.59. The Morgan fingerprint density at radius 3 is 2.57 bits per heavy atom. The fourth-order valence-electron chi connectivity index (χ4n) is 3.95. The molecule has 1 saturated heterocycles. The lowest BCUT2D eigenvalue weighted by molar-refractivity contribution is 0.0922. The van der Waals surface area contributed by atoms with Gasteiger partial charge < -0.3 is 9.72 Å². The third-order valence-corrected chi connectivity index (χ3v) is 5.72. The summed E-state index contributed by atoms with van der Waals surface area (Å²) in [5.74, 6) is 0.817. The van der Waals surface area contributed by atoms with Crippen molar-refractivity contribution in [3.05, 3.63) is 65.9 Å². The minimum absolute atomic E-state index is 0.408. The first kappa shape index (κ1) is 18.7. The molecule has 4 rings (SSSR count). The maximum Gasteiger partial charge on any atom is 0.150 e. The molecule has 0 saturated carbocycles. The Kier molecular flexibility index (Phi) is 5.74. The average molecular weight is 377 g/mol. The van der Waals surface area contributed by atoms with Gasteiger partial charge in [0.05, 0.1) is 0 Å². The molecule has 0 aliphatic carbocycles. The number of H-pyrrole nitrogens is 1. The van der Waals surface area contributed by atoms with Gasteiger partial charge in [0.15, 0.2) is 0 Å². The zero-order valence-electron chi connectivity index (χ0n) is 16.3. The maximum absolute atomic E-state index is 10.7. The van der Waals surface area contributed by atoms with Crippen LogP contribution in [0.1, 0.15) is 28.9 Å². The second-order valence-electron chi connectivity index (χ2n) is 7.38. The van der Waals surface area contributed by atoms with Crippen LogP contribution in [0.2, 0.25) is 0 Å². The van der Waals surface area contributed by atoms with E-state index in [2.05, 4.69) is 52.2 Å². The van der Waals surface area contributed by atoms with Crippen LogP contribution in [-0.4, -0.2) is 60.4 Å². The smallest absolute Gasteiger partial charge is 0.150 e. The van der Waals surface area contributed by atoms with Crippen LogP contribution in [0.25, 0.3) is 10.9 Å². The number of ether oxygens (including phenoxy) is 1. The summed E-state index contributed by atoms with van der Waals surface area (Å²) in [6, 6.07) is 16.2. The number of carbonyl (C=O) groups is 1. The number of fused-ring (bicyclic) bond motifs is 1. The fraction of sp³-hybridized carbons (Fsp3) is 0.348. The summed E-state index contributed by atoms with van der Waals surface area (Å²) in [7, 11) is 0. The van der Waals surface area contributed by atoms with Crippen LogP contribution in [0.5, 0.6) is 5.75 Å². The van der Waals surface area contributed by atoms with Crippen LogP contribution in [0.15, 0.2) is 54.7 Å². The van der Waals surface area contributed by atoms with Gasteiger partial charge in [0.25, 0.3) is 0 Å². The number of rotatable bonds is 7. The molecule has 0 spiro atoms. The highest BCUT2D eigenvalue weighted by Crippen LogP contribution is 2.28. The van der Waals surface area contributed by atoms with Crippen molar-refractivity contribution < 1.29 is 9.53 Å². The topological polar surface area (TPSA) is 48.6 Å². The Labute approximate surface area is 165 Å². The first-order valence-corrected chi connectivity index (χ1v) is 9.95. The molecule has 5 heteroatoms. The molecule has 5 nitrogen and oxygen atoms in total. The normalized spacial score (nSPS) is 16.9. The molecule has 1 N–H and O–H groups in total. The van der Waals surface area contributed by atoms with Gasteiger partial charge in [-0.05, 0) is 42.8 Å². The largest absolute Gasteiger partial charge is 0.492 e. The predicted molar refractivity (Wildman–Crippen MR) is 112 cm³/mol. The van der Waals surface area contributed by atoms with E-state index in [1.54, 1.807) is 12.1 Å². The quantitative estimate of drug-likeness (QED) is 0.637. The summed E-state index contributed by atoms with van der Waals surface area (Å²) in [5, 5.41) is 1.33. The van der Waals surface area contributed by atoms with Gasteiger partial charge in [0.2, 0.25) is 0 Å². The van der Waals surface area contributed by atoms with Crippen molar-refractivity contribution in [3.63, 3.8) is 0 Å². The zero-order valence-corrected chi connectivity index (χ0v) is 16.3. The maximum atomic E-state index is 10.7. The lowest BCUT2D eigenvalue weighted by atomic mass is 10.1. The summed E-state index contributed by atoms with van der Waals surface area (Å²) >= 11 is 0. The van der Waals surface area contributed by atoms with Crippen LogP contribution in [0.4, 0.5) is 0 Å². The third kappa shape index (κ3) is 4.11. The van der Waals surface area contributed by atoms with E-state index in [0.717, 1.165) is 44.8 Å². The highest BCUT2D eigenvalue weighted by molar-refractivity contribution is 5.83. The molecule has 1 aliphatic rings. The number of hydrogen-bond donors (Lipinski definition) is 1. The molecule has 1 aliphatic heterocycles. The van der Waals surface area contributed by atoms with Crippen LogP contribution >= 0.6 is 0 Å². The number of aromatic amines is 1. The lowest BCUT2D eigenvalue weighted by Crippen LogP contribution is -2.48. The molecule has 2 heterocycles. The molecule has 3 aromatic rings. The average Bonchev–Trinajstić information content (AvgIpc) is 3.18. The molecular formula is C23H27N3O2. The minimum atomic E-state index is 0.408. The van der Waals surface area contributed by atoms with Crippen molar-refractivity contribution in [1.29, 1.82) is 0 Å². The molecule has 0 unspecified atom stereocenters. The Balaban J connectivity index is 1.25. The van der Waals surface area contributed by atoms with E-state index in [4.69, 9.17) is 4.74 Å². The summed E-state index contributed by atoms with van der Waals surface area (Å²) in [4.78, 5) is 19.1. The standard InChI is InChI=1S/C23H27N3O2/c1-18(22-16-24-23-5-3-2-4-21(22)23)26-12-10-25(11-13-26)14-15-28-20-8-6-19(17-27)7-9-20/h2-9,16-18,24H,10-15H2,1H3/t18-/m1/s1. The van der Waals surface area contributed by atoms with Crippen molar-refractivity contribution >= 4 is 17.2 Å². The number of nitrogens with one attached hydrogen (secondary N) is 1. The number of hydrogen-bond acceptors (Lipinski definition) is 4. The van der Waals surface area contributed by atoms with Gasteiger partial charge in [0, 0.05) is 61.4 Å². The van der Waals surface area contributed by atoms with Gasteiger partial charge in [-0.3, -0.25) is 14.6 Å². The zero-order chi connectivity index (χ0) is 19.3. The van der Waals surface area contributed by atoms with E-state index < -0.39 is 0 Å². The first-order valence-electron chi connectivity index (χ1n) is 9.95. The number of nitrogens with zero attached hydrogens (tertiary/aromatic N) is 2. The van der Waals surface area contributed by atoms with Gasteiger partial charge in [-0.2, -0.15) is 0 Å². The third-order valence-electron chi connectivity index (χ3n) is 5.72. The molecule has 28 heavy (non-hydrogen) atoms. The Bertz CT molecular complexity index is 911. The molecule has 146 valence electrons. The Morgan fingerprint density at radius 2 is 1.82 bits per heavy atom. The molecule has 1 fully saturated rings. The van der Waals surface area contributed by atoms with E-state index in [1.165, 1.54) is 16.5 Å². The van der Waals surface area contributed by atoms with Crippen molar-refractivity contribution in [1.82, 2.24) is 14.8 Å². The number of piperazine rings is 1. The summed E-state index contributed by atoms with van der Waals surface area (Å²) in [5.41, 5.74) is 3.26. The SMILES string of the molecule is C[C@H](c1c[nH]c2ccccc12)N1CCN(CCOc2ccc(C=O)cc2)CC1. The molecule has 0 radical (unpaired) electrons. The number of benzene rings is 2. The second-order valence-corrected chi connectivity index (χ2v) is 7.38. The number of aldehydes is 1. The Morgan fingerprint density at radius 1 is 1.07 bits per heavy atom. The summed E-state index contributed by atoms with van der Waals surface area (Å²) < 4.78 is 5.81. The number of carbonyl (C=O) groups excluding carboxylic acids is 1. The number of aromatic nitrogens is 1. The van der Waals surface area contributed by atoms with Gasteiger partial charge in [-0.15, -0.1) is 0 Å². The molecule has 2 aromatic carbocycles. The number of para-hydroxylation sites is 1. The van der Waals surface area contributed by atoms with E-state index in [1.807, 2.05) is 12.1 Å². The molecule has 1 atom stereocenters.